The number of benzene rings is 8. The van der Waals surface area contributed by atoms with Crippen molar-refractivity contribution in [2.24, 2.45) is 0 Å². The van der Waals surface area contributed by atoms with Gasteiger partial charge in [0.1, 0.15) is 28.1 Å². The van der Waals surface area contributed by atoms with Gasteiger partial charge in [0.05, 0.1) is 10.8 Å². The quantitative estimate of drug-likeness (QED) is 0.144. The van der Waals surface area contributed by atoms with Gasteiger partial charge in [-0.1, -0.05) is 170 Å². The predicted octanol–water partition coefficient (Wildman–Crippen LogP) is 15.6. The molecule has 1 atom stereocenters. The van der Waals surface area contributed by atoms with Crippen LogP contribution >= 0.6 is 55.1 Å². The Morgan fingerprint density at radius 3 is 1.47 bits per heavy atom. The molecule has 0 radical (unpaired) electrons. The summed E-state index contributed by atoms with van der Waals surface area (Å²) in [5.74, 6) is 3.66. The molecule has 14 heteroatoms. The van der Waals surface area contributed by atoms with Gasteiger partial charge >= 0.3 is 10.4 Å². The lowest BCUT2D eigenvalue weighted by Crippen LogP contribution is -2.32. The molecule has 9 nitrogen and oxygen atoms in total. The Balaban J connectivity index is 0.000000136. The van der Waals surface area contributed by atoms with Crippen LogP contribution in [0.15, 0.2) is 194 Å². The van der Waals surface area contributed by atoms with Gasteiger partial charge in [-0.3, -0.25) is 9.11 Å². The molecular weight excluding hydrogens is 1060 g/mol. The minimum atomic E-state index is -4.67. The highest BCUT2D eigenvalue weighted by Gasteiger charge is 2.54. The summed E-state index contributed by atoms with van der Waals surface area (Å²) >= 11 is 19.8. The summed E-state index contributed by atoms with van der Waals surface area (Å²) in [6.07, 6.45) is 0. The third-order valence-corrected chi connectivity index (χ3v) is 13.8. The Morgan fingerprint density at radius 1 is 0.471 bits per heavy atom. The molecule has 3 aliphatic rings. The van der Waals surface area contributed by atoms with Gasteiger partial charge in [0.2, 0.25) is 0 Å². The highest BCUT2D eigenvalue weighted by atomic mass is 79.9. The standard InChI is InChI=1S/C27H16BrClO3.C27H14BrClO2.H2O4S/c28-17-10-13-23-20(14-17)25-26(32-23)27(30,22-12-11-18(29)15-24(22)31-25)21-9-5-4-8-19(21)16-6-2-1-3-7-16;28-15-9-12-23-19(13-15)25-26(31-23)27(22-11-10-16(29)14-24(22)30-25)20-7-3-1-5-17(20)18-6-2-4-8-21(18)27;1-5(2,3)4/h1-15,30H;1-14H;(H2,1,2,3,4). The van der Waals surface area contributed by atoms with E-state index in [1.807, 2.05) is 103 Å². The van der Waals surface area contributed by atoms with E-state index in [9.17, 15) is 5.11 Å². The maximum atomic E-state index is 12.5. The van der Waals surface area contributed by atoms with Gasteiger partial charge in [0.25, 0.3) is 0 Å². The number of hydrogen-bond acceptors (Lipinski definition) is 7. The van der Waals surface area contributed by atoms with Crippen LogP contribution in [0.2, 0.25) is 10.0 Å². The lowest BCUT2D eigenvalue weighted by Gasteiger charge is -2.36. The first-order chi connectivity index (χ1) is 32.7. The zero-order valence-electron chi connectivity index (χ0n) is 35.0. The molecule has 0 saturated heterocycles. The minimum Gasteiger partial charge on any atom is -0.455 e. The van der Waals surface area contributed by atoms with Crippen molar-refractivity contribution in [1.29, 1.82) is 0 Å². The molecule has 1 spiro atoms. The van der Waals surface area contributed by atoms with Crippen LogP contribution in [0.4, 0.5) is 0 Å². The molecule has 10 aromatic rings. The minimum absolute atomic E-state index is 0.351. The van der Waals surface area contributed by atoms with E-state index in [-0.39, 0.29) is 0 Å². The monoisotopic (exact) mass is 1080 g/mol. The lowest BCUT2D eigenvalue weighted by atomic mass is 9.69. The van der Waals surface area contributed by atoms with Crippen LogP contribution in [0.1, 0.15) is 39.3 Å². The van der Waals surface area contributed by atoms with Crippen molar-refractivity contribution in [1.82, 2.24) is 0 Å². The first kappa shape index (κ1) is 44.3. The first-order valence-corrected chi connectivity index (χ1v) is 24.6. The van der Waals surface area contributed by atoms with Gasteiger partial charge in [0, 0.05) is 35.7 Å². The molecule has 336 valence electrons. The Bertz CT molecular complexity index is 3730. The number of furan rings is 2. The van der Waals surface area contributed by atoms with Gasteiger partial charge in [0.15, 0.2) is 28.6 Å². The van der Waals surface area contributed by atoms with Crippen LogP contribution in [0.5, 0.6) is 23.0 Å². The van der Waals surface area contributed by atoms with Gasteiger partial charge < -0.3 is 23.4 Å². The summed E-state index contributed by atoms with van der Waals surface area (Å²) in [6.45, 7) is 0. The Morgan fingerprint density at radius 2 is 0.912 bits per heavy atom. The summed E-state index contributed by atoms with van der Waals surface area (Å²) in [5, 5.41) is 15.4. The molecule has 1 unspecified atom stereocenters. The number of fused-ring (bicyclic) bond motifs is 15. The molecule has 2 aromatic heterocycles. The van der Waals surface area contributed by atoms with Crippen molar-refractivity contribution in [3.63, 3.8) is 0 Å². The van der Waals surface area contributed by atoms with E-state index in [1.54, 1.807) is 18.2 Å². The molecular formula is C54H32Br2Cl2O9S. The summed E-state index contributed by atoms with van der Waals surface area (Å²) in [7, 11) is -4.67. The van der Waals surface area contributed by atoms with E-state index in [0.29, 0.717) is 44.0 Å². The molecule has 4 heterocycles. The Hall–Kier alpha value is -6.19. The lowest BCUT2D eigenvalue weighted by molar-refractivity contribution is 0.0883. The van der Waals surface area contributed by atoms with Crippen LogP contribution in [-0.2, 0) is 21.4 Å². The van der Waals surface area contributed by atoms with E-state index >= 15 is 0 Å². The second-order valence-electron chi connectivity index (χ2n) is 16.2. The third-order valence-electron chi connectivity index (χ3n) is 12.3. The van der Waals surface area contributed by atoms with E-state index in [2.05, 4.69) is 86.5 Å². The number of hydrogen-bond donors (Lipinski definition) is 3. The zero-order valence-corrected chi connectivity index (χ0v) is 40.5. The molecule has 2 aliphatic heterocycles. The molecule has 13 rings (SSSR count). The number of halogens is 4. The molecule has 0 saturated carbocycles. The van der Waals surface area contributed by atoms with Crippen LogP contribution < -0.4 is 9.47 Å². The highest BCUT2D eigenvalue weighted by molar-refractivity contribution is 9.10. The van der Waals surface area contributed by atoms with E-state index in [4.69, 9.17) is 59.0 Å². The predicted molar refractivity (Wildman–Crippen MR) is 270 cm³/mol. The fourth-order valence-electron chi connectivity index (χ4n) is 9.72. The van der Waals surface area contributed by atoms with Gasteiger partial charge in [-0.05, 0) is 94.0 Å². The van der Waals surface area contributed by atoms with Crippen molar-refractivity contribution in [2.45, 2.75) is 11.0 Å². The molecule has 0 fully saturated rings. The first-order valence-electron chi connectivity index (χ1n) is 20.9. The van der Waals surface area contributed by atoms with Gasteiger partial charge in [-0.25, -0.2) is 0 Å². The van der Waals surface area contributed by atoms with Gasteiger partial charge in [-0.15, -0.1) is 0 Å². The SMILES string of the molecule is Clc1ccc2c(c1)Oc1c(oc3ccc(Br)cc13)C21c2ccccc2-c2ccccc21.O=S(=O)(O)O.OC1(c2ccccc2-c2ccccc2)c2ccc(Cl)cc2Oc2c1oc1ccc(Br)cc21. The van der Waals surface area contributed by atoms with Gasteiger partial charge in [-0.2, -0.15) is 8.42 Å². The van der Waals surface area contributed by atoms with Crippen molar-refractivity contribution >= 4 is 87.4 Å². The molecule has 0 bridgehead atoms. The molecule has 0 amide bonds. The number of ether oxygens (including phenoxy) is 2. The molecule has 8 aromatic carbocycles. The largest absolute Gasteiger partial charge is 0.455 e. The molecule has 68 heavy (non-hydrogen) atoms. The summed E-state index contributed by atoms with van der Waals surface area (Å²) in [5.41, 5.74) is 8.31. The van der Waals surface area contributed by atoms with Crippen LogP contribution in [0, 0.1) is 0 Å². The van der Waals surface area contributed by atoms with Crippen LogP contribution in [0.25, 0.3) is 44.2 Å². The topological polar surface area (TPSA) is 140 Å². The van der Waals surface area contributed by atoms with Crippen LogP contribution in [0.3, 0.4) is 0 Å². The third kappa shape index (κ3) is 7.26. The number of aliphatic hydroxyl groups is 1. The maximum Gasteiger partial charge on any atom is 0.394 e. The van der Waals surface area contributed by atoms with Crippen molar-refractivity contribution in [2.75, 3.05) is 0 Å². The van der Waals surface area contributed by atoms with Crippen molar-refractivity contribution < 1.29 is 40.9 Å². The highest BCUT2D eigenvalue weighted by Crippen LogP contribution is 2.64. The second kappa shape index (κ2) is 16.8. The fourth-order valence-corrected chi connectivity index (χ4v) is 10.8. The molecule has 3 N–H and O–H groups in total. The smallest absolute Gasteiger partial charge is 0.394 e. The van der Waals surface area contributed by atoms with E-state index < -0.39 is 21.4 Å². The summed E-state index contributed by atoms with van der Waals surface area (Å²) < 4.78 is 59.1. The maximum absolute atomic E-state index is 12.5. The summed E-state index contributed by atoms with van der Waals surface area (Å²) in [4.78, 5) is 0. The fraction of sp³-hybridized carbons (Fsp3) is 0.0370. The Kier molecular flexibility index (Phi) is 10.9. The Labute approximate surface area is 416 Å². The second-order valence-corrected chi connectivity index (χ2v) is 19.8. The van der Waals surface area contributed by atoms with E-state index in [1.165, 1.54) is 22.3 Å². The normalized spacial score (nSPS) is 15.5. The number of rotatable bonds is 2. The average Bonchev–Trinajstić information content (AvgIpc) is 3.97. The van der Waals surface area contributed by atoms with Crippen LogP contribution in [-0.4, -0.2) is 22.6 Å². The molecule has 1 aliphatic carbocycles. The average molecular weight is 1090 g/mol. The van der Waals surface area contributed by atoms with E-state index in [0.717, 1.165) is 59.3 Å². The van der Waals surface area contributed by atoms with Crippen molar-refractivity contribution in [3.05, 3.63) is 234 Å². The summed E-state index contributed by atoms with van der Waals surface area (Å²) in [6, 6.07) is 57.9. The van der Waals surface area contributed by atoms with Crippen molar-refractivity contribution in [3.8, 4) is 45.3 Å². The zero-order chi connectivity index (χ0) is 47.1.